The van der Waals surface area contributed by atoms with Crippen LogP contribution in [0.4, 0.5) is 11.9 Å². The fourth-order valence-electron chi connectivity index (χ4n) is 1.74. The fraction of sp³-hybridized carbons (Fsp3) is 0.571. The van der Waals surface area contributed by atoms with E-state index in [0.29, 0.717) is 5.95 Å². The summed E-state index contributed by atoms with van der Waals surface area (Å²) in [6.07, 6.45) is 6.91. The van der Waals surface area contributed by atoms with Crippen LogP contribution in [0.3, 0.4) is 0 Å². The van der Waals surface area contributed by atoms with Crippen LogP contribution < -0.4 is 10.2 Å². The number of nitrogens with one attached hydrogen (secondary N) is 1. The molecule has 2 N–H and O–H groups in total. The number of hydrogen-bond donors (Lipinski definition) is 2. The first kappa shape index (κ1) is 28.4. The number of nitrogens with zero attached hydrogens (tertiary/aromatic N) is 5. The predicted molar refractivity (Wildman–Crippen MR) is 120 cm³/mol. The van der Waals surface area contributed by atoms with Crippen molar-refractivity contribution in [2.24, 2.45) is 5.92 Å². The maximum atomic E-state index is 10.9. The van der Waals surface area contributed by atoms with Crippen LogP contribution in [0.15, 0.2) is 24.8 Å². The molecular formula is C21H38N6O2. The number of anilines is 2. The van der Waals surface area contributed by atoms with E-state index in [1.807, 2.05) is 86.8 Å². The third-order valence-electron chi connectivity index (χ3n) is 3.17. The molecule has 0 aromatic carbocycles. The second kappa shape index (κ2) is 16.2. The number of aliphatic carboxylic acids is 1. The van der Waals surface area contributed by atoms with Gasteiger partial charge in [0.1, 0.15) is 6.04 Å². The van der Waals surface area contributed by atoms with Gasteiger partial charge in [0.15, 0.2) is 0 Å². The molecule has 2 heterocycles. The lowest BCUT2D eigenvalue weighted by Gasteiger charge is -2.17. The van der Waals surface area contributed by atoms with Crippen molar-refractivity contribution in [2.45, 2.75) is 61.4 Å². The van der Waals surface area contributed by atoms with Crippen LogP contribution in [0.2, 0.25) is 0 Å². The predicted octanol–water partition coefficient (Wildman–Crippen LogP) is 4.21. The lowest BCUT2D eigenvalue weighted by Crippen LogP contribution is -2.34. The minimum absolute atomic E-state index is 0.0209. The van der Waals surface area contributed by atoms with Crippen LogP contribution in [0.1, 0.15) is 52.7 Å². The summed E-state index contributed by atoms with van der Waals surface area (Å²) in [5, 5.41) is 11.7. The molecule has 0 bridgehead atoms. The van der Waals surface area contributed by atoms with Gasteiger partial charge in [0.25, 0.3) is 0 Å². The SMILES string of the molecule is CC.CC.Cc1cnc(N(C)C)nc1.Cc1cnc(NC(C(=O)O)C(C)C)nc1. The number of carbonyl (C=O) groups is 1. The van der Waals surface area contributed by atoms with Crippen molar-refractivity contribution in [3.05, 3.63) is 35.9 Å². The number of aryl methyl sites for hydroxylation is 2. The van der Waals surface area contributed by atoms with E-state index in [1.165, 1.54) is 0 Å². The molecule has 1 atom stereocenters. The molecule has 164 valence electrons. The summed E-state index contributed by atoms with van der Waals surface area (Å²) in [5.41, 5.74) is 2.03. The van der Waals surface area contributed by atoms with Gasteiger partial charge < -0.3 is 15.3 Å². The molecule has 1 unspecified atom stereocenters. The van der Waals surface area contributed by atoms with E-state index in [9.17, 15) is 4.79 Å². The Bertz CT molecular complexity index is 658. The maximum absolute atomic E-state index is 10.9. The zero-order valence-corrected chi connectivity index (χ0v) is 19.6. The number of carboxylic acid groups (broad SMARTS) is 1. The fourth-order valence-corrected chi connectivity index (χ4v) is 1.74. The summed E-state index contributed by atoms with van der Waals surface area (Å²) in [5.74, 6) is 0.189. The van der Waals surface area contributed by atoms with Gasteiger partial charge in [-0.25, -0.2) is 24.7 Å². The van der Waals surface area contributed by atoms with Crippen LogP contribution in [0.5, 0.6) is 0 Å². The molecule has 2 aromatic rings. The molecule has 2 rings (SSSR count). The van der Waals surface area contributed by atoms with Crippen molar-refractivity contribution in [3.8, 4) is 0 Å². The molecule has 29 heavy (non-hydrogen) atoms. The molecule has 0 saturated carbocycles. The van der Waals surface area contributed by atoms with Gasteiger partial charge in [-0.1, -0.05) is 41.5 Å². The number of carboxylic acids is 1. The lowest BCUT2D eigenvalue weighted by molar-refractivity contribution is -0.138. The average molecular weight is 407 g/mol. The second-order valence-corrected chi connectivity index (χ2v) is 6.24. The second-order valence-electron chi connectivity index (χ2n) is 6.24. The maximum Gasteiger partial charge on any atom is 0.326 e. The highest BCUT2D eigenvalue weighted by atomic mass is 16.4. The van der Waals surface area contributed by atoms with E-state index in [4.69, 9.17) is 5.11 Å². The first-order valence-corrected chi connectivity index (χ1v) is 9.94. The van der Waals surface area contributed by atoms with Gasteiger partial charge in [-0.3, -0.25) is 0 Å². The van der Waals surface area contributed by atoms with Crippen LogP contribution in [0.25, 0.3) is 0 Å². The van der Waals surface area contributed by atoms with Gasteiger partial charge in [0, 0.05) is 38.9 Å². The summed E-state index contributed by atoms with van der Waals surface area (Å²) >= 11 is 0. The molecule has 0 aliphatic rings. The van der Waals surface area contributed by atoms with Gasteiger partial charge in [0.05, 0.1) is 0 Å². The third kappa shape index (κ3) is 12.3. The number of hydrogen-bond acceptors (Lipinski definition) is 7. The molecule has 0 aliphatic heterocycles. The Hall–Kier alpha value is -2.77. The quantitative estimate of drug-likeness (QED) is 0.761. The van der Waals surface area contributed by atoms with Crippen molar-refractivity contribution in [1.29, 1.82) is 0 Å². The monoisotopic (exact) mass is 406 g/mol. The van der Waals surface area contributed by atoms with E-state index in [0.717, 1.165) is 17.1 Å². The van der Waals surface area contributed by atoms with Gasteiger partial charge in [-0.2, -0.15) is 0 Å². The Balaban J connectivity index is 0. The smallest absolute Gasteiger partial charge is 0.326 e. The largest absolute Gasteiger partial charge is 0.480 e. The van der Waals surface area contributed by atoms with Gasteiger partial charge in [-0.05, 0) is 30.9 Å². The molecule has 0 spiro atoms. The molecule has 8 heteroatoms. The highest BCUT2D eigenvalue weighted by Gasteiger charge is 2.21. The Labute approximate surface area is 175 Å². The molecule has 0 saturated heterocycles. The first-order chi connectivity index (χ1) is 13.7. The Morgan fingerprint density at radius 2 is 1.28 bits per heavy atom. The zero-order valence-electron chi connectivity index (χ0n) is 19.6. The molecule has 2 aromatic heterocycles. The zero-order chi connectivity index (χ0) is 23.0. The minimum Gasteiger partial charge on any atom is -0.480 e. The van der Waals surface area contributed by atoms with E-state index in [2.05, 4.69) is 25.3 Å². The highest BCUT2D eigenvalue weighted by Crippen LogP contribution is 2.08. The van der Waals surface area contributed by atoms with Gasteiger partial charge >= 0.3 is 5.97 Å². The first-order valence-electron chi connectivity index (χ1n) is 9.94. The van der Waals surface area contributed by atoms with Crippen molar-refractivity contribution >= 4 is 17.9 Å². The third-order valence-corrected chi connectivity index (χ3v) is 3.17. The average Bonchev–Trinajstić information content (AvgIpc) is 2.71. The molecule has 0 aliphatic carbocycles. The molecule has 0 amide bonds. The summed E-state index contributed by atoms with van der Waals surface area (Å²) in [7, 11) is 3.84. The topological polar surface area (TPSA) is 104 Å². The molecular weight excluding hydrogens is 368 g/mol. The Morgan fingerprint density at radius 3 is 1.59 bits per heavy atom. The number of aromatic nitrogens is 4. The van der Waals surface area contributed by atoms with E-state index in [1.54, 1.807) is 12.4 Å². The van der Waals surface area contributed by atoms with Crippen LogP contribution in [0, 0.1) is 19.8 Å². The lowest BCUT2D eigenvalue weighted by atomic mass is 10.1. The normalized spacial score (nSPS) is 10.2. The highest BCUT2D eigenvalue weighted by molar-refractivity contribution is 5.76. The molecule has 0 fully saturated rings. The van der Waals surface area contributed by atoms with Gasteiger partial charge in [-0.15, -0.1) is 0 Å². The van der Waals surface area contributed by atoms with Crippen molar-refractivity contribution in [3.63, 3.8) is 0 Å². The van der Waals surface area contributed by atoms with E-state index in [-0.39, 0.29) is 5.92 Å². The Morgan fingerprint density at radius 1 is 0.897 bits per heavy atom. The summed E-state index contributed by atoms with van der Waals surface area (Å²) in [4.78, 5) is 28.9. The van der Waals surface area contributed by atoms with Gasteiger partial charge in [0.2, 0.25) is 11.9 Å². The van der Waals surface area contributed by atoms with Crippen LogP contribution in [-0.2, 0) is 4.79 Å². The van der Waals surface area contributed by atoms with E-state index < -0.39 is 12.0 Å². The van der Waals surface area contributed by atoms with E-state index >= 15 is 0 Å². The van der Waals surface area contributed by atoms with Crippen molar-refractivity contribution in [1.82, 2.24) is 19.9 Å². The van der Waals surface area contributed by atoms with Crippen molar-refractivity contribution in [2.75, 3.05) is 24.3 Å². The molecule has 0 radical (unpaired) electrons. The van der Waals surface area contributed by atoms with Crippen LogP contribution in [-0.4, -0.2) is 51.1 Å². The standard InChI is InChI=1S/C10H15N3O2.C7H11N3.2C2H6/c1-6(2)8(9(14)15)13-10-11-4-7(3)5-12-10;1-6-4-8-7(9-5-6)10(2)3;2*1-2/h4-6,8H,1-3H3,(H,14,15)(H,11,12,13);4-5H,1-3H3;2*1-2H3. The summed E-state index contributed by atoms with van der Waals surface area (Å²) in [6, 6.07) is -0.660. The number of rotatable bonds is 5. The van der Waals surface area contributed by atoms with Crippen LogP contribution >= 0.6 is 0 Å². The molecule has 8 nitrogen and oxygen atoms in total. The summed E-state index contributed by atoms with van der Waals surface area (Å²) < 4.78 is 0. The summed E-state index contributed by atoms with van der Waals surface area (Å²) in [6.45, 7) is 15.5. The van der Waals surface area contributed by atoms with Crippen molar-refractivity contribution < 1.29 is 9.90 Å². The minimum atomic E-state index is -0.894. The Kier molecular flexibility index (Phi) is 15.9.